The van der Waals surface area contributed by atoms with E-state index in [0.29, 0.717) is 46.8 Å². The first-order chi connectivity index (χ1) is 15.5. The molecular formula is C24H18ClF2N3O2. The van der Waals surface area contributed by atoms with E-state index in [9.17, 15) is 13.6 Å². The van der Waals surface area contributed by atoms with Crippen molar-refractivity contribution in [1.82, 2.24) is 9.88 Å². The summed E-state index contributed by atoms with van der Waals surface area (Å²) in [5, 5.41) is 2.68. The van der Waals surface area contributed by atoms with Gasteiger partial charge >= 0.3 is 6.03 Å². The average molecular weight is 454 g/mol. The van der Waals surface area contributed by atoms with Gasteiger partial charge in [0.1, 0.15) is 23.2 Å². The Bertz CT molecular complexity index is 1320. The number of hydrogen-bond acceptors (Lipinski definition) is 3. The summed E-state index contributed by atoms with van der Waals surface area (Å²) in [5.74, 6) is -0.435. The molecule has 3 aromatic carbocycles. The number of benzene rings is 3. The number of hydrogen-bond donors (Lipinski definition) is 1. The number of fused-ring (bicyclic) bond motifs is 1. The highest BCUT2D eigenvalue weighted by Gasteiger charge is 2.33. The monoisotopic (exact) mass is 453 g/mol. The number of carbonyl (C=O) groups excluding carboxylic acids is 1. The fourth-order valence-corrected chi connectivity index (χ4v) is 4.17. The van der Waals surface area contributed by atoms with E-state index in [4.69, 9.17) is 16.0 Å². The van der Waals surface area contributed by atoms with Crippen molar-refractivity contribution in [2.24, 2.45) is 0 Å². The molecule has 32 heavy (non-hydrogen) atoms. The van der Waals surface area contributed by atoms with Crippen LogP contribution in [0.2, 0.25) is 5.02 Å². The predicted molar refractivity (Wildman–Crippen MR) is 119 cm³/mol. The van der Waals surface area contributed by atoms with Crippen LogP contribution in [0.5, 0.6) is 0 Å². The molecule has 1 aliphatic heterocycles. The van der Waals surface area contributed by atoms with Crippen LogP contribution in [0.25, 0.3) is 22.2 Å². The highest BCUT2D eigenvalue weighted by atomic mass is 35.5. The van der Waals surface area contributed by atoms with E-state index >= 15 is 0 Å². The van der Waals surface area contributed by atoms with Crippen molar-refractivity contribution in [3.8, 4) is 11.1 Å². The number of nitrogens with zero attached hydrogens (tertiary/aromatic N) is 2. The number of rotatable bonds is 3. The number of halogens is 3. The second kappa shape index (κ2) is 8.24. The van der Waals surface area contributed by atoms with Gasteiger partial charge in [-0.1, -0.05) is 35.9 Å². The van der Waals surface area contributed by atoms with E-state index in [0.717, 1.165) is 6.42 Å². The molecule has 5 nitrogen and oxygen atoms in total. The maximum atomic E-state index is 14.2. The van der Waals surface area contributed by atoms with E-state index in [1.807, 2.05) is 0 Å². The van der Waals surface area contributed by atoms with Gasteiger partial charge in [-0.2, -0.15) is 0 Å². The molecule has 1 aromatic heterocycles. The SMILES string of the molecule is O=C(Nc1ccc(F)c(Cl)c1)N1CCC[C@H]1c1nc2cc(-c3ccccc3F)ccc2o1. The molecule has 162 valence electrons. The van der Waals surface area contributed by atoms with Crippen molar-refractivity contribution >= 4 is 34.4 Å². The van der Waals surface area contributed by atoms with Crippen LogP contribution in [0.3, 0.4) is 0 Å². The standard InChI is InChI=1S/C24H18ClF2N3O2/c25-17-13-15(8-9-19(17)27)28-24(31)30-11-3-6-21(30)23-29-20-12-14(7-10-22(20)32-23)16-4-1-2-5-18(16)26/h1-2,4-5,7-10,12-13,21H,3,6,11H2,(H,28,31)/t21-/m0/s1. The summed E-state index contributed by atoms with van der Waals surface area (Å²) in [6, 6.07) is 15.2. The molecular weight excluding hydrogens is 436 g/mol. The Labute approximate surface area is 187 Å². The molecule has 1 aliphatic rings. The maximum Gasteiger partial charge on any atom is 0.322 e. The summed E-state index contributed by atoms with van der Waals surface area (Å²) in [5.41, 5.74) is 2.75. The van der Waals surface area contributed by atoms with Crippen molar-refractivity contribution < 1.29 is 18.0 Å². The molecule has 1 saturated heterocycles. The Kier molecular flexibility index (Phi) is 5.27. The Balaban J connectivity index is 1.40. The highest BCUT2D eigenvalue weighted by Crippen LogP contribution is 2.35. The zero-order valence-corrected chi connectivity index (χ0v) is 17.6. The molecule has 0 bridgehead atoms. The zero-order chi connectivity index (χ0) is 22.2. The fraction of sp³-hybridized carbons (Fsp3) is 0.167. The summed E-state index contributed by atoms with van der Waals surface area (Å²) >= 11 is 5.81. The van der Waals surface area contributed by atoms with Crippen LogP contribution in [0.4, 0.5) is 19.3 Å². The maximum absolute atomic E-state index is 14.2. The Hall–Kier alpha value is -3.45. The normalized spacial score (nSPS) is 16.0. The van der Waals surface area contributed by atoms with E-state index < -0.39 is 5.82 Å². The third kappa shape index (κ3) is 3.80. The minimum absolute atomic E-state index is 0.0645. The van der Waals surface area contributed by atoms with Crippen LogP contribution >= 0.6 is 11.6 Å². The Morgan fingerprint density at radius 2 is 1.94 bits per heavy atom. The topological polar surface area (TPSA) is 58.4 Å². The first kappa shape index (κ1) is 20.5. The minimum atomic E-state index is -0.551. The molecule has 5 rings (SSSR count). The van der Waals surface area contributed by atoms with Gasteiger partial charge in [0.05, 0.1) is 5.02 Å². The number of urea groups is 1. The van der Waals surface area contributed by atoms with Gasteiger partial charge in [-0.05, 0) is 54.8 Å². The lowest BCUT2D eigenvalue weighted by Crippen LogP contribution is -2.34. The van der Waals surface area contributed by atoms with Gasteiger partial charge in [-0.15, -0.1) is 0 Å². The molecule has 2 amide bonds. The largest absolute Gasteiger partial charge is 0.438 e. The van der Waals surface area contributed by atoms with E-state index in [1.165, 1.54) is 24.3 Å². The summed E-state index contributed by atoms with van der Waals surface area (Å²) in [4.78, 5) is 19.1. The van der Waals surface area contributed by atoms with E-state index in [2.05, 4.69) is 10.3 Å². The van der Waals surface area contributed by atoms with Gasteiger partial charge in [-0.3, -0.25) is 0 Å². The lowest BCUT2D eigenvalue weighted by Gasteiger charge is -2.22. The van der Waals surface area contributed by atoms with Gasteiger partial charge in [-0.25, -0.2) is 18.6 Å². The smallest absolute Gasteiger partial charge is 0.322 e. The summed E-state index contributed by atoms with van der Waals surface area (Å²) in [6.45, 7) is 0.532. The zero-order valence-electron chi connectivity index (χ0n) is 16.8. The molecule has 1 fully saturated rings. The van der Waals surface area contributed by atoms with Gasteiger partial charge in [0.2, 0.25) is 5.89 Å². The summed E-state index contributed by atoms with van der Waals surface area (Å²) in [6.07, 6.45) is 1.49. The molecule has 4 aromatic rings. The van der Waals surface area contributed by atoms with E-state index in [1.54, 1.807) is 41.3 Å². The van der Waals surface area contributed by atoms with Crippen molar-refractivity contribution in [3.63, 3.8) is 0 Å². The third-order valence-corrected chi connectivity index (χ3v) is 5.85. The molecule has 0 spiro atoms. The summed E-state index contributed by atoms with van der Waals surface area (Å²) < 4.78 is 33.5. The highest BCUT2D eigenvalue weighted by molar-refractivity contribution is 6.31. The van der Waals surface area contributed by atoms with Crippen LogP contribution in [-0.2, 0) is 0 Å². The Morgan fingerprint density at radius 1 is 1.09 bits per heavy atom. The first-order valence-electron chi connectivity index (χ1n) is 10.2. The predicted octanol–water partition coefficient (Wildman–Crippen LogP) is 6.80. The third-order valence-electron chi connectivity index (χ3n) is 5.56. The van der Waals surface area contributed by atoms with Crippen LogP contribution in [0.1, 0.15) is 24.8 Å². The van der Waals surface area contributed by atoms with E-state index in [-0.39, 0.29) is 22.9 Å². The summed E-state index contributed by atoms with van der Waals surface area (Å²) in [7, 11) is 0. The fourth-order valence-electron chi connectivity index (χ4n) is 3.99. The second-order valence-corrected chi connectivity index (χ2v) is 8.03. The lowest BCUT2D eigenvalue weighted by molar-refractivity contribution is 0.199. The van der Waals surface area contributed by atoms with Gasteiger partial charge in [0, 0.05) is 17.8 Å². The van der Waals surface area contributed by atoms with Crippen molar-refractivity contribution in [1.29, 1.82) is 0 Å². The molecule has 0 saturated carbocycles. The number of aromatic nitrogens is 1. The van der Waals surface area contributed by atoms with Gasteiger partial charge in [0.25, 0.3) is 0 Å². The lowest BCUT2D eigenvalue weighted by atomic mass is 10.0. The number of carbonyl (C=O) groups is 1. The molecule has 0 aliphatic carbocycles. The van der Waals surface area contributed by atoms with Crippen molar-refractivity contribution in [2.75, 3.05) is 11.9 Å². The molecule has 0 unspecified atom stereocenters. The number of oxazole rings is 1. The first-order valence-corrected chi connectivity index (χ1v) is 10.6. The molecule has 2 heterocycles. The average Bonchev–Trinajstić information content (AvgIpc) is 3.43. The molecule has 8 heteroatoms. The number of nitrogens with one attached hydrogen (secondary N) is 1. The van der Waals surface area contributed by atoms with Gasteiger partial charge in [0.15, 0.2) is 5.58 Å². The van der Waals surface area contributed by atoms with Crippen LogP contribution in [-0.4, -0.2) is 22.5 Å². The quantitative estimate of drug-likeness (QED) is 0.371. The molecule has 1 atom stereocenters. The van der Waals surface area contributed by atoms with Crippen molar-refractivity contribution in [2.45, 2.75) is 18.9 Å². The number of amides is 2. The molecule has 1 N–H and O–H groups in total. The number of anilines is 1. The Morgan fingerprint density at radius 3 is 2.75 bits per heavy atom. The van der Waals surface area contributed by atoms with Crippen LogP contribution in [0, 0.1) is 11.6 Å². The van der Waals surface area contributed by atoms with Crippen LogP contribution in [0.15, 0.2) is 65.1 Å². The number of likely N-dealkylation sites (tertiary alicyclic amines) is 1. The molecule has 0 radical (unpaired) electrons. The van der Waals surface area contributed by atoms with Gasteiger partial charge < -0.3 is 14.6 Å². The van der Waals surface area contributed by atoms with Crippen LogP contribution < -0.4 is 5.32 Å². The van der Waals surface area contributed by atoms with Crippen molar-refractivity contribution in [3.05, 3.63) is 83.2 Å². The minimum Gasteiger partial charge on any atom is -0.438 e. The second-order valence-electron chi connectivity index (χ2n) is 7.62.